The lowest BCUT2D eigenvalue weighted by Crippen LogP contribution is -2.47. The fourth-order valence-electron chi connectivity index (χ4n) is 1.82. The molecule has 2 nitrogen and oxygen atoms in total. The van der Waals surface area contributed by atoms with Crippen molar-refractivity contribution in [2.75, 3.05) is 26.2 Å². The lowest BCUT2D eigenvalue weighted by Gasteiger charge is -2.37. The maximum atomic E-state index is 5.79. The lowest BCUT2D eigenvalue weighted by atomic mass is 10.00. The fraction of sp³-hybridized carbons (Fsp3) is 1.00. The summed E-state index contributed by atoms with van der Waals surface area (Å²) in [6.07, 6.45) is 1.15. The molecule has 0 aliphatic rings. The second kappa shape index (κ2) is 7.39. The average Bonchev–Trinajstić information content (AvgIpc) is 2.18. The molecule has 0 aliphatic heterocycles. The van der Waals surface area contributed by atoms with Crippen molar-refractivity contribution in [2.24, 2.45) is 0 Å². The minimum atomic E-state index is 0.421. The SMILES string of the molecule is [B]CC(N(CC)CC)N(CC)CC. The van der Waals surface area contributed by atoms with Gasteiger partial charge in [-0.05, 0) is 26.2 Å². The summed E-state index contributed by atoms with van der Waals surface area (Å²) in [7, 11) is 5.79. The molecular weight excluding hydrogens is 159 g/mol. The molecule has 76 valence electrons. The predicted molar refractivity (Wildman–Crippen MR) is 60.2 cm³/mol. The Morgan fingerprint density at radius 1 is 0.846 bits per heavy atom. The third-order valence-electron chi connectivity index (χ3n) is 2.68. The van der Waals surface area contributed by atoms with Crippen LogP contribution in [0.4, 0.5) is 0 Å². The maximum absolute atomic E-state index is 5.79. The van der Waals surface area contributed by atoms with Crippen molar-refractivity contribution in [2.45, 2.75) is 40.2 Å². The van der Waals surface area contributed by atoms with E-state index in [1.807, 2.05) is 0 Å². The summed E-state index contributed by atoms with van der Waals surface area (Å²) in [5.74, 6) is 0. The Hall–Kier alpha value is -0.0151. The van der Waals surface area contributed by atoms with Crippen LogP contribution >= 0.6 is 0 Å². The monoisotopic (exact) mass is 182 g/mol. The largest absolute Gasteiger partial charge is 0.289 e. The van der Waals surface area contributed by atoms with Crippen molar-refractivity contribution >= 4 is 7.85 Å². The van der Waals surface area contributed by atoms with Crippen molar-refractivity contribution in [3.05, 3.63) is 0 Å². The molecule has 13 heavy (non-hydrogen) atoms. The van der Waals surface area contributed by atoms with Gasteiger partial charge in [0.05, 0.1) is 14.0 Å². The van der Waals surface area contributed by atoms with Crippen LogP contribution in [0.1, 0.15) is 27.7 Å². The summed E-state index contributed by atoms with van der Waals surface area (Å²) < 4.78 is 0. The van der Waals surface area contributed by atoms with Crippen LogP contribution in [0, 0.1) is 0 Å². The summed E-state index contributed by atoms with van der Waals surface area (Å²) in [6, 6.07) is 0. The van der Waals surface area contributed by atoms with Gasteiger partial charge in [0.25, 0.3) is 0 Å². The molecule has 0 heterocycles. The predicted octanol–water partition coefficient (Wildman–Crippen LogP) is 1.58. The highest BCUT2D eigenvalue weighted by Crippen LogP contribution is 2.08. The summed E-state index contributed by atoms with van der Waals surface area (Å²) in [4.78, 5) is 4.82. The Bertz CT molecular complexity index is 99.5. The molecule has 2 radical (unpaired) electrons. The van der Waals surface area contributed by atoms with E-state index in [1.54, 1.807) is 0 Å². The molecule has 0 aromatic heterocycles. The molecule has 0 spiro atoms. The van der Waals surface area contributed by atoms with Gasteiger partial charge in [0.15, 0.2) is 0 Å². The number of hydrogen-bond donors (Lipinski definition) is 0. The van der Waals surface area contributed by atoms with Gasteiger partial charge in [0, 0.05) is 0 Å². The van der Waals surface area contributed by atoms with Crippen molar-refractivity contribution in [3.63, 3.8) is 0 Å². The van der Waals surface area contributed by atoms with Crippen LogP contribution < -0.4 is 0 Å². The highest BCUT2D eigenvalue weighted by atomic mass is 15.3. The molecule has 0 aliphatic carbocycles. The zero-order valence-electron chi connectivity index (χ0n) is 9.58. The molecule has 0 saturated carbocycles. The van der Waals surface area contributed by atoms with E-state index in [9.17, 15) is 0 Å². The second-order valence-electron chi connectivity index (χ2n) is 3.16. The standard InChI is InChI=1S/C10H23BN2/c1-5-12(6-2)10(9-11)13(7-3)8-4/h10H,5-9H2,1-4H3. The molecule has 0 amide bonds. The van der Waals surface area contributed by atoms with Crippen LogP contribution in [-0.2, 0) is 0 Å². The van der Waals surface area contributed by atoms with E-state index >= 15 is 0 Å². The van der Waals surface area contributed by atoms with E-state index in [0.717, 1.165) is 32.5 Å². The topological polar surface area (TPSA) is 6.48 Å². The highest BCUT2D eigenvalue weighted by Gasteiger charge is 2.18. The molecule has 0 atom stereocenters. The highest BCUT2D eigenvalue weighted by molar-refractivity contribution is 6.08. The van der Waals surface area contributed by atoms with E-state index in [0.29, 0.717) is 6.17 Å². The average molecular weight is 182 g/mol. The zero-order chi connectivity index (χ0) is 10.3. The van der Waals surface area contributed by atoms with Crippen LogP contribution in [0.5, 0.6) is 0 Å². The smallest absolute Gasteiger partial charge is 0.0692 e. The summed E-state index contributed by atoms with van der Waals surface area (Å²) in [5.41, 5.74) is 0. The van der Waals surface area contributed by atoms with Gasteiger partial charge in [-0.15, -0.1) is 0 Å². The lowest BCUT2D eigenvalue weighted by molar-refractivity contribution is 0.0716. The Labute approximate surface area is 84.7 Å². The van der Waals surface area contributed by atoms with Gasteiger partial charge in [0.1, 0.15) is 0 Å². The molecule has 0 rings (SSSR count). The first-order valence-corrected chi connectivity index (χ1v) is 5.43. The van der Waals surface area contributed by atoms with Gasteiger partial charge in [-0.1, -0.05) is 34.0 Å². The Kier molecular flexibility index (Phi) is 7.39. The van der Waals surface area contributed by atoms with E-state index in [1.165, 1.54) is 0 Å². The van der Waals surface area contributed by atoms with Gasteiger partial charge < -0.3 is 0 Å². The van der Waals surface area contributed by atoms with Crippen molar-refractivity contribution in [1.29, 1.82) is 0 Å². The summed E-state index contributed by atoms with van der Waals surface area (Å²) in [6.45, 7) is 13.1. The third-order valence-corrected chi connectivity index (χ3v) is 2.68. The molecule has 3 heteroatoms. The first kappa shape index (κ1) is 13.0. The van der Waals surface area contributed by atoms with Crippen LogP contribution in [-0.4, -0.2) is 50.0 Å². The number of hydrogen-bond acceptors (Lipinski definition) is 2. The van der Waals surface area contributed by atoms with Crippen molar-refractivity contribution in [3.8, 4) is 0 Å². The molecule has 0 aromatic rings. The van der Waals surface area contributed by atoms with Crippen molar-refractivity contribution in [1.82, 2.24) is 9.80 Å². The molecule has 0 fully saturated rings. The first-order chi connectivity index (χ1) is 6.24. The fourth-order valence-corrected chi connectivity index (χ4v) is 1.82. The Morgan fingerprint density at radius 2 is 1.15 bits per heavy atom. The molecule has 0 aromatic carbocycles. The first-order valence-electron chi connectivity index (χ1n) is 5.43. The maximum Gasteiger partial charge on any atom is 0.0692 e. The van der Waals surface area contributed by atoms with Gasteiger partial charge in [0.2, 0.25) is 0 Å². The minimum absolute atomic E-state index is 0.421. The van der Waals surface area contributed by atoms with Crippen LogP contribution in [0.2, 0.25) is 6.32 Å². The quantitative estimate of drug-likeness (QED) is 0.435. The third kappa shape index (κ3) is 3.69. The van der Waals surface area contributed by atoms with Gasteiger partial charge in [-0.25, -0.2) is 0 Å². The summed E-state index contributed by atoms with van der Waals surface area (Å²) >= 11 is 0. The normalized spacial score (nSPS) is 11.9. The van der Waals surface area contributed by atoms with E-state index in [2.05, 4.69) is 37.5 Å². The molecule has 0 unspecified atom stereocenters. The minimum Gasteiger partial charge on any atom is -0.289 e. The van der Waals surface area contributed by atoms with E-state index < -0.39 is 0 Å². The van der Waals surface area contributed by atoms with Crippen molar-refractivity contribution < 1.29 is 0 Å². The zero-order valence-corrected chi connectivity index (χ0v) is 9.58. The van der Waals surface area contributed by atoms with E-state index in [4.69, 9.17) is 7.85 Å². The van der Waals surface area contributed by atoms with Crippen LogP contribution in [0.3, 0.4) is 0 Å². The Morgan fingerprint density at radius 3 is 1.31 bits per heavy atom. The van der Waals surface area contributed by atoms with E-state index in [-0.39, 0.29) is 0 Å². The molecular formula is C10H23BN2. The summed E-state index contributed by atoms with van der Waals surface area (Å²) in [5, 5.41) is 0. The van der Waals surface area contributed by atoms with Gasteiger partial charge in [-0.2, -0.15) is 0 Å². The molecule has 0 N–H and O–H groups in total. The molecule has 0 bridgehead atoms. The van der Waals surface area contributed by atoms with Crippen LogP contribution in [0.15, 0.2) is 0 Å². The molecule has 0 saturated heterocycles. The van der Waals surface area contributed by atoms with Gasteiger partial charge in [-0.3, -0.25) is 9.80 Å². The Balaban J connectivity index is 4.26. The van der Waals surface area contributed by atoms with Gasteiger partial charge >= 0.3 is 0 Å². The number of rotatable bonds is 7. The number of nitrogens with zero attached hydrogens (tertiary/aromatic N) is 2. The second-order valence-corrected chi connectivity index (χ2v) is 3.16. The van der Waals surface area contributed by atoms with Crippen LogP contribution in [0.25, 0.3) is 0 Å².